The zero-order valence-corrected chi connectivity index (χ0v) is 11.1. The van der Waals surface area contributed by atoms with Gasteiger partial charge in [0.2, 0.25) is 12.3 Å². The van der Waals surface area contributed by atoms with Gasteiger partial charge in [-0.15, -0.1) is 11.6 Å². The van der Waals surface area contributed by atoms with Crippen LogP contribution in [0.2, 0.25) is 0 Å². The van der Waals surface area contributed by atoms with Crippen molar-refractivity contribution in [3.63, 3.8) is 0 Å². The summed E-state index contributed by atoms with van der Waals surface area (Å²) in [4.78, 5) is 11.8. The van der Waals surface area contributed by atoms with Crippen LogP contribution in [0.1, 0.15) is 25.5 Å². The number of amides is 1. The van der Waals surface area contributed by atoms with Gasteiger partial charge < -0.3 is 14.8 Å². The summed E-state index contributed by atoms with van der Waals surface area (Å²) in [5.74, 6) is -0.276. The highest BCUT2D eigenvalue weighted by atomic mass is 35.5. The van der Waals surface area contributed by atoms with E-state index < -0.39 is 17.9 Å². The molecule has 1 aromatic carbocycles. The lowest BCUT2D eigenvalue weighted by Crippen LogP contribution is -2.52. The van der Waals surface area contributed by atoms with Crippen molar-refractivity contribution in [2.45, 2.75) is 37.8 Å². The highest BCUT2D eigenvalue weighted by molar-refractivity contribution is 6.31. The van der Waals surface area contributed by atoms with Crippen molar-refractivity contribution in [2.75, 3.05) is 0 Å². The molecule has 1 aliphatic heterocycles. The predicted molar refractivity (Wildman–Crippen MR) is 68.1 cm³/mol. The molecule has 0 spiro atoms. The molecule has 1 heterocycles. The van der Waals surface area contributed by atoms with Crippen LogP contribution in [0.25, 0.3) is 0 Å². The molecule has 0 saturated carbocycles. The van der Waals surface area contributed by atoms with E-state index in [0.717, 1.165) is 5.56 Å². The number of carbonyl (C=O) groups excluding carboxylic acids is 1. The summed E-state index contributed by atoms with van der Waals surface area (Å²) in [5, 5.41) is 1.83. The molecule has 0 aromatic heterocycles. The SMILES string of the molecule is CC(C)O[C@H]1NC(=O)[C@@H](Cl)[C@@H](c2ccccc2)O1. The normalized spacial score (nSPS) is 28.2. The molecule has 0 radical (unpaired) electrons. The Morgan fingerprint density at radius 3 is 2.61 bits per heavy atom. The maximum atomic E-state index is 11.8. The molecule has 1 N–H and O–H groups in total. The molecule has 0 bridgehead atoms. The van der Waals surface area contributed by atoms with E-state index in [1.807, 2.05) is 44.2 Å². The summed E-state index contributed by atoms with van der Waals surface area (Å²) in [7, 11) is 0. The molecule has 3 atom stereocenters. The summed E-state index contributed by atoms with van der Waals surface area (Å²) in [6.45, 7) is 3.75. The predicted octanol–water partition coefficient (Wildman–Crippen LogP) is 2.19. The third-order valence-electron chi connectivity index (χ3n) is 2.57. The van der Waals surface area contributed by atoms with Crippen LogP contribution in [0.5, 0.6) is 0 Å². The smallest absolute Gasteiger partial charge is 0.244 e. The molecular weight excluding hydrogens is 254 g/mol. The zero-order valence-electron chi connectivity index (χ0n) is 10.3. The fourth-order valence-corrected chi connectivity index (χ4v) is 2.04. The standard InChI is InChI=1S/C13H16ClNO3/c1-8(2)17-13-15-12(16)10(14)11(18-13)9-6-4-3-5-7-9/h3-8,10-11,13H,1-2H3,(H,15,16)/t10-,11+,13+/m0/s1. The van der Waals surface area contributed by atoms with Gasteiger partial charge in [0.25, 0.3) is 0 Å². The summed E-state index contributed by atoms with van der Waals surface area (Å²) in [6, 6.07) is 9.42. The van der Waals surface area contributed by atoms with Crippen LogP contribution in [0.15, 0.2) is 30.3 Å². The van der Waals surface area contributed by atoms with Gasteiger partial charge in [-0.2, -0.15) is 0 Å². The lowest BCUT2D eigenvalue weighted by Gasteiger charge is -2.34. The lowest BCUT2D eigenvalue weighted by atomic mass is 10.1. The molecule has 0 aliphatic carbocycles. The third-order valence-corrected chi connectivity index (χ3v) is 3.00. The van der Waals surface area contributed by atoms with E-state index in [4.69, 9.17) is 21.1 Å². The number of hydrogen-bond acceptors (Lipinski definition) is 3. The minimum Gasteiger partial charge on any atom is -0.333 e. The first kappa shape index (κ1) is 13.3. The van der Waals surface area contributed by atoms with Gasteiger partial charge in [-0.25, -0.2) is 0 Å². The van der Waals surface area contributed by atoms with Crippen molar-refractivity contribution in [3.8, 4) is 0 Å². The maximum Gasteiger partial charge on any atom is 0.244 e. The Kier molecular flexibility index (Phi) is 4.22. The fraction of sp³-hybridized carbons (Fsp3) is 0.462. The molecular formula is C13H16ClNO3. The van der Waals surface area contributed by atoms with E-state index in [-0.39, 0.29) is 12.0 Å². The quantitative estimate of drug-likeness (QED) is 0.856. The molecule has 2 rings (SSSR count). The summed E-state index contributed by atoms with van der Waals surface area (Å²) in [6.07, 6.45) is -1.29. The number of nitrogens with one attached hydrogen (secondary N) is 1. The van der Waals surface area contributed by atoms with Gasteiger partial charge in [0.1, 0.15) is 11.5 Å². The van der Waals surface area contributed by atoms with Crippen molar-refractivity contribution in [1.82, 2.24) is 5.32 Å². The third kappa shape index (κ3) is 3.02. The van der Waals surface area contributed by atoms with E-state index in [9.17, 15) is 4.79 Å². The summed E-state index contributed by atoms with van der Waals surface area (Å²) in [5.41, 5.74) is 0.865. The fourth-order valence-electron chi connectivity index (χ4n) is 1.77. The molecule has 18 heavy (non-hydrogen) atoms. The average Bonchev–Trinajstić information content (AvgIpc) is 2.34. The summed E-state index contributed by atoms with van der Waals surface area (Å²) < 4.78 is 11.1. The number of alkyl halides is 1. The maximum absolute atomic E-state index is 11.8. The molecule has 1 saturated heterocycles. The monoisotopic (exact) mass is 269 g/mol. The first-order chi connectivity index (χ1) is 8.58. The second kappa shape index (κ2) is 5.69. The first-order valence-corrected chi connectivity index (χ1v) is 6.32. The van der Waals surface area contributed by atoms with Crippen LogP contribution in [0, 0.1) is 0 Å². The van der Waals surface area contributed by atoms with E-state index >= 15 is 0 Å². The van der Waals surface area contributed by atoms with Crippen LogP contribution < -0.4 is 5.32 Å². The Hall–Kier alpha value is -1.10. The number of rotatable bonds is 3. The van der Waals surface area contributed by atoms with Crippen LogP contribution in [0.3, 0.4) is 0 Å². The van der Waals surface area contributed by atoms with Crippen molar-refractivity contribution in [3.05, 3.63) is 35.9 Å². The molecule has 1 aromatic rings. The van der Waals surface area contributed by atoms with Gasteiger partial charge in [0.15, 0.2) is 0 Å². The molecule has 1 amide bonds. The molecule has 0 unspecified atom stereocenters. The van der Waals surface area contributed by atoms with Gasteiger partial charge in [0, 0.05) is 0 Å². The van der Waals surface area contributed by atoms with Crippen LogP contribution >= 0.6 is 11.6 Å². The Bertz CT molecular complexity index is 410. The van der Waals surface area contributed by atoms with E-state index in [2.05, 4.69) is 5.32 Å². The second-order valence-corrected chi connectivity index (χ2v) is 4.86. The molecule has 98 valence electrons. The molecule has 4 nitrogen and oxygen atoms in total. The van der Waals surface area contributed by atoms with Crippen molar-refractivity contribution in [2.24, 2.45) is 0 Å². The lowest BCUT2D eigenvalue weighted by molar-refractivity contribution is -0.221. The van der Waals surface area contributed by atoms with Crippen LogP contribution in [0.4, 0.5) is 0 Å². The second-order valence-electron chi connectivity index (χ2n) is 4.39. The Labute approximate surface area is 111 Å². The first-order valence-electron chi connectivity index (χ1n) is 5.88. The number of benzene rings is 1. The minimum absolute atomic E-state index is 0.0430. The van der Waals surface area contributed by atoms with Gasteiger partial charge >= 0.3 is 0 Å². The van der Waals surface area contributed by atoms with Gasteiger partial charge in [-0.05, 0) is 19.4 Å². The highest BCUT2D eigenvalue weighted by Crippen LogP contribution is 2.30. The van der Waals surface area contributed by atoms with Crippen molar-refractivity contribution < 1.29 is 14.3 Å². The zero-order chi connectivity index (χ0) is 13.1. The van der Waals surface area contributed by atoms with Crippen LogP contribution in [-0.4, -0.2) is 23.8 Å². The van der Waals surface area contributed by atoms with Crippen LogP contribution in [-0.2, 0) is 14.3 Å². The Morgan fingerprint density at radius 1 is 1.33 bits per heavy atom. The molecule has 1 aliphatic rings. The molecule has 5 heteroatoms. The number of ether oxygens (including phenoxy) is 2. The van der Waals surface area contributed by atoms with E-state index in [0.29, 0.717) is 0 Å². The van der Waals surface area contributed by atoms with Gasteiger partial charge in [-0.1, -0.05) is 30.3 Å². The summed E-state index contributed by atoms with van der Waals surface area (Å²) >= 11 is 6.08. The van der Waals surface area contributed by atoms with E-state index in [1.165, 1.54) is 0 Å². The van der Waals surface area contributed by atoms with Crippen molar-refractivity contribution >= 4 is 17.5 Å². The number of carbonyl (C=O) groups is 1. The molecule has 1 fully saturated rings. The highest BCUT2D eigenvalue weighted by Gasteiger charge is 2.37. The van der Waals surface area contributed by atoms with Gasteiger partial charge in [-0.3, -0.25) is 4.79 Å². The number of hydrogen-bond donors (Lipinski definition) is 1. The van der Waals surface area contributed by atoms with Crippen molar-refractivity contribution in [1.29, 1.82) is 0 Å². The minimum atomic E-state index is -0.752. The number of halogens is 1. The average molecular weight is 270 g/mol. The Morgan fingerprint density at radius 2 is 2.00 bits per heavy atom. The Balaban J connectivity index is 2.15. The van der Waals surface area contributed by atoms with Gasteiger partial charge in [0.05, 0.1) is 6.10 Å². The topological polar surface area (TPSA) is 47.6 Å². The van der Waals surface area contributed by atoms with E-state index in [1.54, 1.807) is 0 Å². The largest absolute Gasteiger partial charge is 0.333 e.